The van der Waals surface area contributed by atoms with Crippen LogP contribution in [0.1, 0.15) is 128 Å². The average Bonchev–Trinajstić information content (AvgIpc) is 3.94. The van der Waals surface area contributed by atoms with E-state index in [0.717, 1.165) is 18.4 Å². The Morgan fingerprint density at radius 3 is 2.31 bits per heavy atom. The summed E-state index contributed by atoms with van der Waals surface area (Å²) in [6.45, 7) is 19.6. The van der Waals surface area contributed by atoms with Crippen LogP contribution in [0, 0.1) is 18.3 Å². The van der Waals surface area contributed by atoms with Crippen molar-refractivity contribution >= 4 is 47.7 Å². The van der Waals surface area contributed by atoms with Crippen LogP contribution in [0.15, 0.2) is 55.1 Å². The van der Waals surface area contributed by atoms with Crippen molar-refractivity contribution < 1.29 is 61.9 Å². The number of carbonyl (C=O) groups is 6. The van der Waals surface area contributed by atoms with Gasteiger partial charge in [-0.1, -0.05) is 43.0 Å². The Morgan fingerprint density at radius 1 is 0.970 bits per heavy atom. The van der Waals surface area contributed by atoms with Gasteiger partial charge in [0.1, 0.15) is 30.1 Å². The van der Waals surface area contributed by atoms with E-state index in [2.05, 4.69) is 16.9 Å². The van der Waals surface area contributed by atoms with Crippen molar-refractivity contribution in [3.8, 4) is 11.1 Å². The van der Waals surface area contributed by atoms with Gasteiger partial charge in [-0.3, -0.25) is 19.3 Å². The van der Waals surface area contributed by atoms with Gasteiger partial charge in [-0.15, -0.1) is 0 Å². The molecule has 1 saturated carbocycles. The molecule has 0 bridgehead atoms. The second-order valence-electron chi connectivity index (χ2n) is 18.7. The molecule has 6 rings (SSSR count). The third kappa shape index (κ3) is 13.1. The standard InChI is InChI=1S/C50H60N4O13/c1-11-32-22-36(35(20-28(32)4)34-18-19-38(45(57)52-24-31-12-13-31)53-43(34)46(58)63-29(5)64-48(60)62-27(2)3)40(55)21-30-14-16-33(17-15-30)37(51)23-42(56)61-26-39-44-41(65-50(9,10)66-44)25-54(39)47(59)67-49(6,7)8/h11,14-20,22,27,29,31,39,41,44,51H,1,12-13,21,23-26H2,2-10H3,(H,52,57)/t29?,39-,41+,44-/m1/s1. The van der Waals surface area contributed by atoms with Gasteiger partial charge in [0.25, 0.3) is 5.91 Å². The van der Waals surface area contributed by atoms with Gasteiger partial charge in [0.2, 0.25) is 6.29 Å². The molecule has 1 unspecified atom stereocenters. The average molecular weight is 925 g/mol. The minimum absolute atomic E-state index is 0.0256. The van der Waals surface area contributed by atoms with E-state index in [1.165, 1.54) is 24.0 Å². The molecule has 17 heteroatoms. The first-order valence-corrected chi connectivity index (χ1v) is 22.4. The van der Waals surface area contributed by atoms with Gasteiger partial charge in [0.05, 0.1) is 25.1 Å². The number of pyridine rings is 1. The summed E-state index contributed by atoms with van der Waals surface area (Å²) >= 11 is 0. The fraction of sp³-hybridized carbons (Fsp3) is 0.480. The Bertz CT molecular complexity index is 2420. The number of nitrogens with zero attached hydrogens (tertiary/aromatic N) is 2. The van der Waals surface area contributed by atoms with Gasteiger partial charge in [-0.05, 0) is 120 Å². The molecule has 2 saturated heterocycles. The zero-order valence-corrected chi connectivity index (χ0v) is 39.5. The lowest BCUT2D eigenvalue weighted by Crippen LogP contribution is -2.47. The molecule has 0 radical (unpaired) electrons. The zero-order valence-electron chi connectivity index (χ0n) is 39.5. The van der Waals surface area contributed by atoms with E-state index in [4.69, 9.17) is 38.6 Å². The van der Waals surface area contributed by atoms with E-state index in [1.54, 1.807) is 90.9 Å². The van der Waals surface area contributed by atoms with Crippen LogP contribution in [-0.4, -0.2) is 113 Å². The highest BCUT2D eigenvalue weighted by atomic mass is 16.8. The number of hydrogen-bond donors (Lipinski definition) is 2. The van der Waals surface area contributed by atoms with Crippen LogP contribution >= 0.6 is 0 Å². The summed E-state index contributed by atoms with van der Waals surface area (Å²) in [5.74, 6) is -3.02. The lowest BCUT2D eigenvalue weighted by Gasteiger charge is -2.31. The maximum absolute atomic E-state index is 14.3. The van der Waals surface area contributed by atoms with Crippen LogP contribution in [0.5, 0.6) is 0 Å². The van der Waals surface area contributed by atoms with Crippen molar-refractivity contribution in [3.05, 3.63) is 94.3 Å². The molecule has 1 aromatic heterocycles. The summed E-state index contributed by atoms with van der Waals surface area (Å²) in [5, 5.41) is 11.5. The highest BCUT2D eigenvalue weighted by Gasteiger charge is 2.55. The fourth-order valence-electron chi connectivity index (χ4n) is 7.73. The van der Waals surface area contributed by atoms with Crippen molar-refractivity contribution in [2.24, 2.45) is 5.92 Å². The number of fused-ring (bicyclic) bond motifs is 1. The normalized spacial score (nSPS) is 18.9. The number of nitrogens with one attached hydrogen (secondary N) is 2. The molecule has 4 atom stereocenters. The quantitative estimate of drug-likeness (QED) is 0.0435. The van der Waals surface area contributed by atoms with E-state index in [-0.39, 0.29) is 60.0 Å². The molecule has 2 amide bonds. The van der Waals surface area contributed by atoms with E-state index >= 15 is 0 Å². The Labute approximate surface area is 390 Å². The number of benzene rings is 2. The van der Waals surface area contributed by atoms with Gasteiger partial charge >= 0.3 is 24.2 Å². The maximum Gasteiger partial charge on any atom is 0.511 e. The number of carbonyl (C=O) groups excluding carboxylic acids is 6. The van der Waals surface area contributed by atoms with Gasteiger partial charge in [0.15, 0.2) is 17.3 Å². The number of ketones is 1. The van der Waals surface area contributed by atoms with Crippen LogP contribution < -0.4 is 5.32 Å². The van der Waals surface area contributed by atoms with E-state index in [0.29, 0.717) is 34.7 Å². The SMILES string of the molecule is C=Cc1cc(C(=O)Cc2ccc(C(=N)CC(=O)OC[C@@H]3[C@H]4OC(C)(C)O[C@H]4CN3C(=O)OC(C)(C)C)cc2)c(-c2ccc(C(=O)NCC3CC3)nc2C(=O)OC(C)OC(=O)OC(C)C)cc1C. The van der Waals surface area contributed by atoms with Gasteiger partial charge in [0, 0.05) is 36.7 Å². The van der Waals surface area contributed by atoms with Crippen molar-refractivity contribution in [2.75, 3.05) is 19.7 Å². The molecule has 3 heterocycles. The summed E-state index contributed by atoms with van der Waals surface area (Å²) in [5.41, 5.74) is 2.06. The van der Waals surface area contributed by atoms with Crippen LogP contribution in [0.3, 0.4) is 0 Å². The fourth-order valence-corrected chi connectivity index (χ4v) is 7.73. The van der Waals surface area contributed by atoms with Crippen molar-refractivity contribution in [3.63, 3.8) is 0 Å². The number of rotatable bonds is 17. The van der Waals surface area contributed by atoms with E-state index < -0.39 is 72.1 Å². The molecule has 3 aliphatic rings. The predicted octanol–water partition coefficient (Wildman–Crippen LogP) is 7.77. The molecule has 3 aromatic rings. The molecule has 1 aliphatic carbocycles. The van der Waals surface area contributed by atoms with E-state index in [1.807, 2.05) is 6.92 Å². The molecular weight excluding hydrogens is 865 g/mol. The molecule has 3 fully saturated rings. The smallest absolute Gasteiger partial charge is 0.463 e. The number of hydrogen-bond acceptors (Lipinski definition) is 15. The highest BCUT2D eigenvalue weighted by molar-refractivity contribution is 6.09. The molecule has 358 valence electrons. The summed E-state index contributed by atoms with van der Waals surface area (Å²) < 4.78 is 38.9. The molecular formula is C50H60N4O13. The largest absolute Gasteiger partial charge is 0.511 e. The first-order valence-electron chi connectivity index (χ1n) is 22.4. The second kappa shape index (κ2) is 20.6. The topological polar surface area (TPSA) is 219 Å². The highest BCUT2D eigenvalue weighted by Crippen LogP contribution is 2.38. The molecule has 2 N–H and O–H groups in total. The Morgan fingerprint density at radius 2 is 1.67 bits per heavy atom. The number of amides is 2. The monoisotopic (exact) mass is 924 g/mol. The van der Waals surface area contributed by atoms with Crippen LogP contribution in [-0.2, 0) is 44.4 Å². The van der Waals surface area contributed by atoms with Crippen molar-refractivity contribution in [1.82, 2.24) is 15.2 Å². The Hall–Kier alpha value is -6.46. The lowest BCUT2D eigenvalue weighted by molar-refractivity contribution is -0.165. The summed E-state index contributed by atoms with van der Waals surface area (Å²) in [7, 11) is 0. The molecule has 2 aliphatic heterocycles. The van der Waals surface area contributed by atoms with Crippen molar-refractivity contribution in [1.29, 1.82) is 5.41 Å². The number of Topliss-reactive ketones (excluding diaryl/α,β-unsaturated/α-hetero) is 1. The number of aryl methyl sites for hydroxylation is 1. The van der Waals surface area contributed by atoms with E-state index in [9.17, 15) is 28.8 Å². The molecule has 2 aromatic carbocycles. The third-order valence-electron chi connectivity index (χ3n) is 11.1. The number of aromatic nitrogens is 1. The predicted molar refractivity (Wildman–Crippen MR) is 245 cm³/mol. The lowest BCUT2D eigenvalue weighted by atomic mass is 9.89. The summed E-state index contributed by atoms with van der Waals surface area (Å²) in [6.07, 6.45) is -1.32. The Kier molecular flexibility index (Phi) is 15.4. The maximum atomic E-state index is 14.3. The van der Waals surface area contributed by atoms with Crippen LogP contribution in [0.4, 0.5) is 9.59 Å². The van der Waals surface area contributed by atoms with Crippen molar-refractivity contribution in [2.45, 2.75) is 130 Å². The Balaban J connectivity index is 1.17. The zero-order chi connectivity index (χ0) is 49.0. The van der Waals surface area contributed by atoms with Crippen LogP contribution in [0.25, 0.3) is 17.2 Å². The molecule has 67 heavy (non-hydrogen) atoms. The van der Waals surface area contributed by atoms with Gasteiger partial charge in [-0.25, -0.2) is 19.4 Å². The molecule has 0 spiro atoms. The molecule has 17 nitrogen and oxygen atoms in total. The minimum Gasteiger partial charge on any atom is -0.463 e. The minimum atomic E-state index is -1.39. The first kappa shape index (κ1) is 50.0. The summed E-state index contributed by atoms with van der Waals surface area (Å²) in [6, 6.07) is 12.3. The first-order chi connectivity index (χ1) is 31.5. The van der Waals surface area contributed by atoms with Crippen LogP contribution in [0.2, 0.25) is 0 Å². The summed E-state index contributed by atoms with van der Waals surface area (Å²) in [4.78, 5) is 85.6. The van der Waals surface area contributed by atoms with Gasteiger partial charge < -0.3 is 43.9 Å². The number of esters is 2. The number of likely N-dealkylation sites (tertiary alicyclic amines) is 1. The third-order valence-corrected chi connectivity index (χ3v) is 11.1. The number of ether oxygens (including phenoxy) is 7. The second-order valence-corrected chi connectivity index (χ2v) is 18.7. The van der Waals surface area contributed by atoms with Gasteiger partial charge in [-0.2, -0.15) is 0 Å².